The molecule has 0 saturated heterocycles. The highest BCUT2D eigenvalue weighted by Crippen LogP contribution is 2.35. The normalized spacial score (nSPS) is 17.6. The van der Waals surface area contributed by atoms with Crippen LogP contribution in [0.5, 0.6) is 0 Å². The Morgan fingerprint density at radius 3 is 2.67 bits per heavy atom. The van der Waals surface area contributed by atoms with Crippen LogP contribution in [0.3, 0.4) is 0 Å². The van der Waals surface area contributed by atoms with Gasteiger partial charge >= 0.3 is 5.97 Å². The fraction of sp³-hybridized carbons (Fsp3) is 0.500. The number of benzene rings is 1. The smallest absolute Gasteiger partial charge is 0.305 e. The number of rotatable bonds is 6. The van der Waals surface area contributed by atoms with Crippen LogP contribution in [-0.4, -0.2) is 22.5 Å². The Morgan fingerprint density at radius 2 is 2.14 bits per heavy atom. The first-order valence-corrected chi connectivity index (χ1v) is 7.56. The van der Waals surface area contributed by atoms with Gasteiger partial charge < -0.3 is 10.4 Å². The summed E-state index contributed by atoms with van der Waals surface area (Å²) in [6.07, 6.45) is 3.05. The van der Waals surface area contributed by atoms with Gasteiger partial charge in [0.25, 0.3) is 0 Å². The highest BCUT2D eigenvalue weighted by Gasteiger charge is 2.40. The lowest BCUT2D eigenvalue weighted by atomic mass is 9.74. The first kappa shape index (κ1) is 15.8. The molecule has 5 heteroatoms. The van der Waals surface area contributed by atoms with Gasteiger partial charge in [0, 0.05) is 10.9 Å². The Balaban J connectivity index is 1.94. The van der Waals surface area contributed by atoms with Gasteiger partial charge in [-0.05, 0) is 43.4 Å². The molecule has 0 heterocycles. The van der Waals surface area contributed by atoms with E-state index in [1.54, 1.807) is 6.07 Å². The van der Waals surface area contributed by atoms with Crippen molar-refractivity contribution in [2.45, 2.75) is 44.6 Å². The Morgan fingerprint density at radius 1 is 1.43 bits per heavy atom. The van der Waals surface area contributed by atoms with Crippen molar-refractivity contribution < 1.29 is 14.7 Å². The number of carboxylic acid groups (broad SMARTS) is 1. The molecule has 4 nitrogen and oxygen atoms in total. The summed E-state index contributed by atoms with van der Waals surface area (Å²) in [5.41, 5.74) is 0.469. The van der Waals surface area contributed by atoms with Crippen molar-refractivity contribution in [1.82, 2.24) is 5.32 Å². The molecule has 21 heavy (non-hydrogen) atoms. The minimum absolute atomic E-state index is 0.00260. The molecule has 1 aliphatic rings. The molecule has 2 rings (SSSR count). The molecule has 1 amide bonds. The number of amides is 1. The molecule has 1 saturated carbocycles. The van der Waals surface area contributed by atoms with E-state index in [2.05, 4.69) is 5.32 Å². The number of nitrogens with one attached hydrogen (secondary N) is 1. The van der Waals surface area contributed by atoms with Crippen LogP contribution in [0.25, 0.3) is 0 Å². The van der Waals surface area contributed by atoms with E-state index in [1.807, 2.05) is 25.1 Å². The summed E-state index contributed by atoms with van der Waals surface area (Å²) >= 11 is 5.94. The number of carbonyl (C=O) groups is 2. The second-order valence-corrected chi connectivity index (χ2v) is 6.37. The summed E-state index contributed by atoms with van der Waals surface area (Å²) in [6, 6.07) is 7.44. The molecule has 0 aromatic heterocycles. The first-order valence-electron chi connectivity index (χ1n) is 7.18. The van der Waals surface area contributed by atoms with Crippen LogP contribution in [0.1, 0.15) is 38.2 Å². The van der Waals surface area contributed by atoms with Gasteiger partial charge in [0.15, 0.2) is 0 Å². The second-order valence-electron chi connectivity index (χ2n) is 5.93. The maximum atomic E-state index is 12.3. The highest BCUT2D eigenvalue weighted by atomic mass is 35.5. The van der Waals surface area contributed by atoms with Crippen LogP contribution in [0.2, 0.25) is 5.02 Å². The third-order valence-electron chi connectivity index (χ3n) is 4.07. The van der Waals surface area contributed by atoms with Crippen LogP contribution in [-0.2, 0) is 16.0 Å². The van der Waals surface area contributed by atoms with Gasteiger partial charge in [-0.3, -0.25) is 9.59 Å². The van der Waals surface area contributed by atoms with E-state index in [0.717, 1.165) is 24.8 Å². The molecule has 1 aliphatic carbocycles. The molecule has 1 atom stereocenters. The van der Waals surface area contributed by atoms with Gasteiger partial charge in [0.2, 0.25) is 5.91 Å². The zero-order valence-corrected chi connectivity index (χ0v) is 12.8. The summed E-state index contributed by atoms with van der Waals surface area (Å²) in [5.74, 6) is -1.16. The lowest BCUT2D eigenvalue weighted by molar-refractivity contribution is -0.140. The maximum Gasteiger partial charge on any atom is 0.305 e. The second kappa shape index (κ2) is 6.48. The quantitative estimate of drug-likeness (QED) is 0.849. The lowest BCUT2D eigenvalue weighted by Gasteiger charge is -2.42. The molecular weight excluding hydrogens is 290 g/mol. The van der Waals surface area contributed by atoms with E-state index < -0.39 is 11.5 Å². The third-order valence-corrected chi connectivity index (χ3v) is 4.30. The van der Waals surface area contributed by atoms with Crippen molar-refractivity contribution in [2.75, 3.05) is 0 Å². The molecule has 1 fully saturated rings. The summed E-state index contributed by atoms with van der Waals surface area (Å²) in [5, 5.41) is 12.6. The topological polar surface area (TPSA) is 66.4 Å². The summed E-state index contributed by atoms with van der Waals surface area (Å²) in [4.78, 5) is 23.2. The Kier molecular flexibility index (Phi) is 4.88. The van der Waals surface area contributed by atoms with Crippen LogP contribution >= 0.6 is 11.6 Å². The zero-order valence-electron chi connectivity index (χ0n) is 12.1. The molecule has 1 aromatic rings. The average Bonchev–Trinajstić information content (AvgIpc) is 2.35. The van der Waals surface area contributed by atoms with Crippen molar-refractivity contribution in [3.63, 3.8) is 0 Å². The average molecular weight is 310 g/mol. The Labute approximate surface area is 129 Å². The number of hydrogen-bond donors (Lipinski definition) is 2. The van der Waals surface area contributed by atoms with Gasteiger partial charge in [0.1, 0.15) is 0 Å². The molecule has 2 N–H and O–H groups in total. The number of carboxylic acids is 1. The number of hydrogen-bond acceptors (Lipinski definition) is 2. The Hall–Kier alpha value is -1.55. The fourth-order valence-corrected chi connectivity index (χ4v) is 2.95. The number of halogens is 1. The molecular formula is C16H20ClNO3. The van der Waals surface area contributed by atoms with Gasteiger partial charge in [0.05, 0.1) is 12.0 Å². The Bertz CT molecular complexity index is 540. The predicted molar refractivity (Wildman–Crippen MR) is 81.3 cm³/mol. The number of carbonyl (C=O) groups excluding carboxylic acids is 1. The number of aliphatic carboxylic acids is 1. The minimum Gasteiger partial charge on any atom is -0.481 e. The zero-order chi connectivity index (χ0) is 15.5. The monoisotopic (exact) mass is 309 g/mol. The van der Waals surface area contributed by atoms with Crippen molar-refractivity contribution in [3.8, 4) is 0 Å². The van der Waals surface area contributed by atoms with Crippen molar-refractivity contribution in [3.05, 3.63) is 34.9 Å². The van der Waals surface area contributed by atoms with Crippen LogP contribution in [0.15, 0.2) is 24.3 Å². The van der Waals surface area contributed by atoms with Crippen LogP contribution < -0.4 is 5.32 Å². The van der Waals surface area contributed by atoms with Crippen molar-refractivity contribution in [1.29, 1.82) is 0 Å². The molecule has 0 bridgehead atoms. The predicted octanol–water partition coefficient (Wildman–Crippen LogP) is 3.03. The SMILES string of the molecule is CC(Cc1cccc(Cl)c1)C(=O)NC1(CC(=O)O)CCC1. The van der Waals surface area contributed by atoms with E-state index >= 15 is 0 Å². The van der Waals surface area contributed by atoms with E-state index in [9.17, 15) is 9.59 Å². The van der Waals surface area contributed by atoms with E-state index in [1.165, 1.54) is 0 Å². The standard InChI is InChI=1S/C16H20ClNO3/c1-11(8-12-4-2-5-13(17)9-12)15(21)18-16(6-3-7-16)10-14(19)20/h2,4-5,9,11H,3,6-8,10H2,1H3,(H,18,21)(H,19,20). The van der Waals surface area contributed by atoms with Gasteiger partial charge in [-0.15, -0.1) is 0 Å². The van der Waals surface area contributed by atoms with Gasteiger partial charge in [-0.2, -0.15) is 0 Å². The minimum atomic E-state index is -0.863. The maximum absolute atomic E-state index is 12.3. The first-order chi connectivity index (χ1) is 9.90. The van der Waals surface area contributed by atoms with E-state index in [4.69, 9.17) is 16.7 Å². The van der Waals surface area contributed by atoms with Crippen LogP contribution in [0, 0.1) is 5.92 Å². The van der Waals surface area contributed by atoms with Gasteiger partial charge in [-0.1, -0.05) is 30.7 Å². The van der Waals surface area contributed by atoms with E-state index in [-0.39, 0.29) is 18.2 Å². The van der Waals surface area contributed by atoms with Gasteiger partial charge in [-0.25, -0.2) is 0 Å². The molecule has 114 valence electrons. The molecule has 0 spiro atoms. The molecule has 0 radical (unpaired) electrons. The highest BCUT2D eigenvalue weighted by molar-refractivity contribution is 6.30. The molecule has 1 aromatic carbocycles. The fourth-order valence-electron chi connectivity index (χ4n) is 2.73. The largest absolute Gasteiger partial charge is 0.481 e. The molecule has 1 unspecified atom stereocenters. The summed E-state index contributed by atoms with van der Waals surface area (Å²) in [7, 11) is 0. The van der Waals surface area contributed by atoms with E-state index in [0.29, 0.717) is 11.4 Å². The molecule has 0 aliphatic heterocycles. The summed E-state index contributed by atoms with van der Waals surface area (Å²) in [6.45, 7) is 1.85. The van der Waals surface area contributed by atoms with Crippen LogP contribution in [0.4, 0.5) is 0 Å². The van der Waals surface area contributed by atoms with Crippen molar-refractivity contribution in [2.24, 2.45) is 5.92 Å². The lowest BCUT2D eigenvalue weighted by Crippen LogP contribution is -2.56. The summed E-state index contributed by atoms with van der Waals surface area (Å²) < 4.78 is 0. The van der Waals surface area contributed by atoms with Crippen molar-refractivity contribution >= 4 is 23.5 Å². The third kappa shape index (κ3) is 4.21.